The van der Waals surface area contributed by atoms with E-state index in [0.29, 0.717) is 29.8 Å². The Bertz CT molecular complexity index is 1310. The maximum atomic E-state index is 13.6. The third-order valence-electron chi connectivity index (χ3n) is 7.01. The molecule has 2 aromatic rings. The van der Waals surface area contributed by atoms with E-state index in [1.165, 1.54) is 0 Å². The van der Waals surface area contributed by atoms with Crippen LogP contribution >= 0.6 is 0 Å². The number of pyridine rings is 1. The molecule has 3 aliphatic heterocycles. The van der Waals surface area contributed by atoms with Crippen molar-refractivity contribution < 1.29 is 14.6 Å². The van der Waals surface area contributed by atoms with Crippen LogP contribution in [0.2, 0.25) is 0 Å². The van der Waals surface area contributed by atoms with Gasteiger partial charge in [-0.3, -0.25) is 4.79 Å². The van der Waals surface area contributed by atoms with Crippen LogP contribution in [0.5, 0.6) is 0 Å². The van der Waals surface area contributed by atoms with Crippen molar-refractivity contribution in [2.75, 3.05) is 19.8 Å². The van der Waals surface area contributed by atoms with Gasteiger partial charge in [-0.25, -0.2) is 9.67 Å². The molecule has 36 heavy (non-hydrogen) atoms. The summed E-state index contributed by atoms with van der Waals surface area (Å²) in [5.74, 6) is -0.222. The minimum Gasteiger partial charge on any atom is -0.377 e. The summed E-state index contributed by atoms with van der Waals surface area (Å²) >= 11 is 0. The Labute approximate surface area is 211 Å². The number of allylic oxidation sites excluding steroid dienone is 3. The highest BCUT2D eigenvalue weighted by molar-refractivity contribution is 6.06. The molecule has 9 heteroatoms. The molecule has 1 atom stereocenters. The number of hydrogen-bond acceptors (Lipinski definition) is 7. The molecular weight excluding hydrogens is 456 g/mol. The zero-order valence-corrected chi connectivity index (χ0v) is 21.9. The van der Waals surface area contributed by atoms with Gasteiger partial charge < -0.3 is 25.8 Å². The molecule has 5 rings (SSSR count). The monoisotopic (exact) mass is 492 g/mol. The molecule has 9 nitrogen and oxygen atoms in total. The normalized spacial score (nSPS) is 23.6. The first-order valence-corrected chi connectivity index (χ1v) is 12.5. The van der Waals surface area contributed by atoms with Crippen LogP contribution < -0.4 is 16.0 Å². The smallest absolute Gasteiger partial charge is 0.252 e. The van der Waals surface area contributed by atoms with Gasteiger partial charge in [0.15, 0.2) is 5.65 Å². The first-order valence-electron chi connectivity index (χ1n) is 12.5. The Morgan fingerprint density at radius 3 is 2.67 bits per heavy atom. The number of hydrogen-bond donors (Lipinski definition) is 4. The summed E-state index contributed by atoms with van der Waals surface area (Å²) in [5.41, 5.74) is 5.35. The molecule has 0 bridgehead atoms. The molecule has 0 radical (unpaired) electrons. The van der Waals surface area contributed by atoms with E-state index in [0.717, 1.165) is 34.5 Å². The fraction of sp³-hybridized carbons (Fsp3) is 0.519. The Morgan fingerprint density at radius 1 is 1.28 bits per heavy atom. The van der Waals surface area contributed by atoms with Gasteiger partial charge in [0, 0.05) is 28.9 Å². The van der Waals surface area contributed by atoms with Gasteiger partial charge in [0.25, 0.3) is 5.91 Å². The quantitative estimate of drug-likeness (QED) is 0.508. The van der Waals surface area contributed by atoms with Crippen molar-refractivity contribution in [3.63, 3.8) is 0 Å². The largest absolute Gasteiger partial charge is 0.377 e. The van der Waals surface area contributed by atoms with Crippen molar-refractivity contribution in [2.24, 2.45) is 0 Å². The van der Waals surface area contributed by atoms with Crippen LogP contribution in [-0.2, 0) is 4.74 Å². The molecule has 4 N–H and O–H groups in total. The van der Waals surface area contributed by atoms with Crippen LogP contribution in [0.3, 0.4) is 0 Å². The van der Waals surface area contributed by atoms with Crippen LogP contribution in [0.15, 0.2) is 41.3 Å². The number of fused-ring (bicyclic) bond motifs is 1. The van der Waals surface area contributed by atoms with Gasteiger partial charge in [0.1, 0.15) is 12.3 Å². The summed E-state index contributed by atoms with van der Waals surface area (Å²) in [6.45, 7) is 13.9. The SMILES string of the molecule is CC1=CC(C)=C(CNC(=O)c2cc(C3=CC(C)(C)NC(C)(C)C3)nc3c2cnn3C2COC2)C(O)N1. The average Bonchev–Trinajstić information content (AvgIpc) is 3.12. The zero-order valence-electron chi connectivity index (χ0n) is 21.9. The number of carbonyl (C=O) groups excluding carboxylic acids is 1. The molecule has 0 aliphatic carbocycles. The number of carbonyl (C=O) groups is 1. The Morgan fingerprint density at radius 2 is 2.03 bits per heavy atom. The summed E-state index contributed by atoms with van der Waals surface area (Å²) in [6, 6.07) is 1.99. The number of dihydropyridines is 1. The van der Waals surface area contributed by atoms with E-state index in [9.17, 15) is 9.90 Å². The third kappa shape index (κ3) is 4.70. The summed E-state index contributed by atoms with van der Waals surface area (Å²) < 4.78 is 7.27. The van der Waals surface area contributed by atoms with Gasteiger partial charge in [0.2, 0.25) is 0 Å². The zero-order chi connectivity index (χ0) is 25.8. The molecule has 1 saturated heterocycles. The number of ether oxygens (including phenoxy) is 1. The summed E-state index contributed by atoms with van der Waals surface area (Å²) in [6.07, 6.45) is 5.85. The van der Waals surface area contributed by atoms with Crippen LogP contribution in [-0.4, -0.2) is 62.8 Å². The van der Waals surface area contributed by atoms with Crippen molar-refractivity contribution in [2.45, 2.75) is 71.3 Å². The van der Waals surface area contributed by atoms with Gasteiger partial charge in [-0.1, -0.05) is 6.08 Å². The highest BCUT2D eigenvalue weighted by atomic mass is 16.5. The predicted octanol–water partition coefficient (Wildman–Crippen LogP) is 2.81. The lowest BCUT2D eigenvalue weighted by Crippen LogP contribution is -2.53. The van der Waals surface area contributed by atoms with Crippen molar-refractivity contribution in [1.82, 2.24) is 30.7 Å². The van der Waals surface area contributed by atoms with Crippen LogP contribution in [0.25, 0.3) is 16.6 Å². The van der Waals surface area contributed by atoms with E-state index >= 15 is 0 Å². The van der Waals surface area contributed by atoms with Gasteiger partial charge in [-0.15, -0.1) is 0 Å². The minimum absolute atomic E-state index is 0.113. The maximum Gasteiger partial charge on any atom is 0.252 e. The summed E-state index contributed by atoms with van der Waals surface area (Å²) in [7, 11) is 0. The molecule has 0 aromatic carbocycles. The molecule has 192 valence electrons. The average molecular weight is 493 g/mol. The molecule has 1 unspecified atom stereocenters. The molecule has 3 aliphatic rings. The molecule has 0 spiro atoms. The van der Waals surface area contributed by atoms with E-state index in [4.69, 9.17) is 9.72 Å². The lowest BCUT2D eigenvalue weighted by Gasteiger charge is -2.41. The van der Waals surface area contributed by atoms with Crippen LogP contribution in [0.4, 0.5) is 0 Å². The minimum atomic E-state index is -0.825. The fourth-order valence-corrected chi connectivity index (χ4v) is 5.57. The number of rotatable bonds is 5. The number of nitrogens with zero attached hydrogens (tertiary/aromatic N) is 3. The predicted molar refractivity (Wildman–Crippen MR) is 139 cm³/mol. The van der Waals surface area contributed by atoms with Crippen molar-refractivity contribution in [3.05, 3.63) is 52.5 Å². The lowest BCUT2D eigenvalue weighted by atomic mass is 9.82. The number of nitrogens with one attached hydrogen (secondary N) is 3. The standard InChI is InChI=1S/C27H36N6O3/c1-15-7-16(2)30-25(35)20(15)11-28-24(34)19-8-22(17-9-26(3,4)32-27(5,6)10-17)31-23-21(19)12-29-33(23)18-13-36-14-18/h7-9,12,18,25,30,32,35H,10-11,13-14H2,1-6H3,(H,28,34). The van der Waals surface area contributed by atoms with Crippen molar-refractivity contribution >= 4 is 22.5 Å². The fourth-order valence-electron chi connectivity index (χ4n) is 5.57. The molecule has 2 aromatic heterocycles. The van der Waals surface area contributed by atoms with E-state index in [-0.39, 0.29) is 29.6 Å². The topological polar surface area (TPSA) is 113 Å². The molecular formula is C27H36N6O3. The highest BCUT2D eigenvalue weighted by Crippen LogP contribution is 2.35. The van der Waals surface area contributed by atoms with Crippen LogP contribution in [0.1, 0.15) is 70.1 Å². The maximum absolute atomic E-state index is 13.6. The first kappa shape index (κ1) is 24.7. The Kier molecular flexibility index (Phi) is 6.05. The Hall–Kier alpha value is -3.01. The highest BCUT2D eigenvalue weighted by Gasteiger charge is 2.34. The van der Waals surface area contributed by atoms with E-state index < -0.39 is 6.23 Å². The first-order chi connectivity index (χ1) is 16.9. The lowest BCUT2D eigenvalue weighted by molar-refractivity contribution is -0.0269. The van der Waals surface area contributed by atoms with E-state index in [2.05, 4.69) is 54.8 Å². The molecule has 1 fully saturated rings. The number of aliphatic hydroxyl groups is 1. The second kappa shape index (κ2) is 8.83. The molecule has 1 amide bonds. The summed E-state index contributed by atoms with van der Waals surface area (Å²) in [4.78, 5) is 18.6. The van der Waals surface area contributed by atoms with Gasteiger partial charge in [-0.2, -0.15) is 5.10 Å². The number of aromatic nitrogens is 3. The van der Waals surface area contributed by atoms with Gasteiger partial charge >= 0.3 is 0 Å². The van der Waals surface area contributed by atoms with E-state index in [1.54, 1.807) is 6.20 Å². The second-order valence-corrected chi connectivity index (χ2v) is 11.4. The molecule has 0 saturated carbocycles. The summed E-state index contributed by atoms with van der Waals surface area (Å²) in [5, 5.41) is 25.4. The van der Waals surface area contributed by atoms with Crippen molar-refractivity contribution in [3.8, 4) is 0 Å². The number of aliphatic hydroxyl groups excluding tert-OH is 1. The van der Waals surface area contributed by atoms with Crippen molar-refractivity contribution in [1.29, 1.82) is 0 Å². The Balaban J connectivity index is 1.54. The van der Waals surface area contributed by atoms with E-state index in [1.807, 2.05) is 30.7 Å². The molecule has 5 heterocycles. The second-order valence-electron chi connectivity index (χ2n) is 11.4. The van der Waals surface area contributed by atoms with Crippen LogP contribution in [0, 0.1) is 0 Å². The number of amides is 1. The third-order valence-corrected chi connectivity index (χ3v) is 7.01. The van der Waals surface area contributed by atoms with Gasteiger partial charge in [-0.05, 0) is 71.3 Å². The van der Waals surface area contributed by atoms with Gasteiger partial charge in [0.05, 0.1) is 36.1 Å².